The summed E-state index contributed by atoms with van der Waals surface area (Å²) in [5.41, 5.74) is 1.28. The maximum Gasteiger partial charge on any atom is 0.410 e. The van der Waals surface area contributed by atoms with Crippen molar-refractivity contribution in [3.63, 3.8) is 0 Å². The van der Waals surface area contributed by atoms with Gasteiger partial charge in [0.1, 0.15) is 10.8 Å². The largest absolute Gasteiger partial charge is 0.444 e. The van der Waals surface area contributed by atoms with Gasteiger partial charge in [0.15, 0.2) is 5.01 Å². The van der Waals surface area contributed by atoms with Crippen LogP contribution in [0.3, 0.4) is 0 Å². The van der Waals surface area contributed by atoms with Crippen LogP contribution in [-0.4, -0.2) is 64.5 Å². The van der Waals surface area contributed by atoms with Crippen LogP contribution in [0.5, 0.6) is 0 Å². The Morgan fingerprint density at radius 1 is 1.29 bits per heavy atom. The number of carbonyl (C=O) groups excluding carboxylic acids is 1. The Kier molecular flexibility index (Phi) is 6.24. The number of nitrogens with one attached hydrogen (secondary N) is 1. The van der Waals surface area contributed by atoms with Crippen molar-refractivity contribution >= 4 is 39.8 Å². The standard InChI is InChI=1S/C18H25ClN6O2S/c1-5-20-13-10-14(19)21-11-12(13)15-22-23-16(28-15)24-6-8-25(9-7-24)17(26)27-18(2,3)4/h10-11H,5-9H2,1-4H3,(H,20,21). The molecule has 8 nitrogen and oxygen atoms in total. The molecular formula is C18H25ClN6O2S. The number of halogens is 1. The van der Waals surface area contributed by atoms with E-state index in [1.165, 1.54) is 11.3 Å². The Balaban J connectivity index is 1.67. The summed E-state index contributed by atoms with van der Waals surface area (Å²) in [4.78, 5) is 20.2. The Morgan fingerprint density at radius 2 is 2.00 bits per heavy atom. The van der Waals surface area contributed by atoms with Gasteiger partial charge < -0.3 is 19.9 Å². The number of hydrogen-bond donors (Lipinski definition) is 1. The van der Waals surface area contributed by atoms with Gasteiger partial charge in [0.25, 0.3) is 0 Å². The molecule has 2 aromatic rings. The molecule has 0 spiro atoms. The highest BCUT2D eigenvalue weighted by Crippen LogP contribution is 2.34. The number of ether oxygens (including phenoxy) is 1. The van der Waals surface area contributed by atoms with Gasteiger partial charge >= 0.3 is 6.09 Å². The van der Waals surface area contributed by atoms with E-state index in [9.17, 15) is 4.79 Å². The van der Waals surface area contributed by atoms with Gasteiger partial charge in [0.2, 0.25) is 5.13 Å². The number of pyridine rings is 1. The van der Waals surface area contributed by atoms with E-state index in [4.69, 9.17) is 16.3 Å². The third-order valence-corrected chi connectivity index (χ3v) is 5.31. The zero-order valence-electron chi connectivity index (χ0n) is 16.5. The lowest BCUT2D eigenvalue weighted by molar-refractivity contribution is 0.0240. The number of anilines is 2. The third-order valence-electron chi connectivity index (χ3n) is 4.08. The molecule has 1 aliphatic rings. The van der Waals surface area contributed by atoms with Gasteiger partial charge in [0, 0.05) is 44.6 Å². The summed E-state index contributed by atoms with van der Waals surface area (Å²) in [6, 6.07) is 1.79. The van der Waals surface area contributed by atoms with E-state index in [0.717, 1.165) is 27.9 Å². The highest BCUT2D eigenvalue weighted by molar-refractivity contribution is 7.18. The molecule has 152 valence electrons. The molecule has 0 aliphatic carbocycles. The normalized spacial score (nSPS) is 14.9. The highest BCUT2D eigenvalue weighted by Gasteiger charge is 2.27. The first kappa shape index (κ1) is 20.6. The number of rotatable bonds is 4. The van der Waals surface area contributed by atoms with Gasteiger partial charge in [-0.15, -0.1) is 10.2 Å². The van der Waals surface area contributed by atoms with Crippen molar-refractivity contribution in [3.8, 4) is 10.6 Å². The average molecular weight is 425 g/mol. The number of aromatic nitrogens is 3. The van der Waals surface area contributed by atoms with Crippen LogP contribution in [0.25, 0.3) is 10.6 Å². The molecule has 0 unspecified atom stereocenters. The van der Waals surface area contributed by atoms with Crippen molar-refractivity contribution in [3.05, 3.63) is 17.4 Å². The van der Waals surface area contributed by atoms with E-state index in [0.29, 0.717) is 31.3 Å². The molecule has 1 N–H and O–H groups in total. The smallest absolute Gasteiger partial charge is 0.410 e. The summed E-state index contributed by atoms with van der Waals surface area (Å²) in [6.07, 6.45) is 1.44. The summed E-state index contributed by atoms with van der Waals surface area (Å²) in [6.45, 7) is 11.0. The van der Waals surface area contributed by atoms with Crippen LogP contribution in [0.1, 0.15) is 27.7 Å². The van der Waals surface area contributed by atoms with Crippen LogP contribution in [0.2, 0.25) is 5.15 Å². The molecule has 3 rings (SSSR count). The lowest BCUT2D eigenvalue weighted by atomic mass is 10.2. The van der Waals surface area contributed by atoms with E-state index >= 15 is 0 Å². The van der Waals surface area contributed by atoms with Crippen molar-refractivity contribution in [1.29, 1.82) is 0 Å². The first-order valence-corrected chi connectivity index (χ1v) is 10.4. The van der Waals surface area contributed by atoms with Gasteiger partial charge in [-0.2, -0.15) is 0 Å². The van der Waals surface area contributed by atoms with Crippen LogP contribution in [0.15, 0.2) is 12.3 Å². The molecule has 1 aliphatic heterocycles. The second kappa shape index (κ2) is 8.48. The van der Waals surface area contributed by atoms with Crippen molar-refractivity contribution in [2.45, 2.75) is 33.3 Å². The summed E-state index contributed by atoms with van der Waals surface area (Å²) in [5.74, 6) is 0. The van der Waals surface area contributed by atoms with Crippen LogP contribution < -0.4 is 10.2 Å². The zero-order chi connectivity index (χ0) is 20.3. The molecule has 1 amide bonds. The summed E-state index contributed by atoms with van der Waals surface area (Å²) in [7, 11) is 0. The maximum atomic E-state index is 12.2. The predicted molar refractivity (Wildman–Crippen MR) is 112 cm³/mol. The number of piperazine rings is 1. The number of nitrogens with zero attached hydrogens (tertiary/aromatic N) is 5. The van der Waals surface area contributed by atoms with E-state index in [1.54, 1.807) is 17.2 Å². The zero-order valence-corrected chi connectivity index (χ0v) is 18.1. The van der Waals surface area contributed by atoms with Gasteiger partial charge in [-0.3, -0.25) is 0 Å². The molecule has 0 saturated carbocycles. The SMILES string of the molecule is CCNc1cc(Cl)ncc1-c1nnc(N2CCN(C(=O)OC(C)(C)C)CC2)s1. The fraction of sp³-hybridized carbons (Fsp3) is 0.556. The average Bonchev–Trinajstić information content (AvgIpc) is 3.11. The summed E-state index contributed by atoms with van der Waals surface area (Å²) in [5, 5.41) is 14.0. The van der Waals surface area contributed by atoms with Crippen LogP contribution in [-0.2, 0) is 4.74 Å². The minimum Gasteiger partial charge on any atom is -0.444 e. The molecule has 1 saturated heterocycles. The third kappa shape index (κ3) is 5.02. The molecule has 10 heteroatoms. The minimum absolute atomic E-state index is 0.271. The monoisotopic (exact) mass is 424 g/mol. The topological polar surface area (TPSA) is 83.5 Å². The van der Waals surface area contributed by atoms with E-state index in [-0.39, 0.29) is 6.09 Å². The van der Waals surface area contributed by atoms with Gasteiger partial charge in [-0.25, -0.2) is 9.78 Å². The lowest BCUT2D eigenvalue weighted by Gasteiger charge is -2.35. The second-order valence-electron chi connectivity index (χ2n) is 7.43. The van der Waals surface area contributed by atoms with E-state index in [2.05, 4.69) is 25.4 Å². The highest BCUT2D eigenvalue weighted by atomic mass is 35.5. The molecule has 0 bridgehead atoms. The first-order valence-electron chi connectivity index (χ1n) is 9.23. The number of amides is 1. The molecule has 28 heavy (non-hydrogen) atoms. The Labute approximate surface area is 173 Å². The van der Waals surface area contributed by atoms with Gasteiger partial charge in [-0.1, -0.05) is 22.9 Å². The van der Waals surface area contributed by atoms with Gasteiger partial charge in [-0.05, 0) is 33.8 Å². The Morgan fingerprint density at radius 3 is 2.64 bits per heavy atom. The van der Waals surface area contributed by atoms with Crippen molar-refractivity contribution in [2.75, 3.05) is 42.9 Å². The maximum absolute atomic E-state index is 12.2. The fourth-order valence-electron chi connectivity index (χ4n) is 2.80. The molecular weight excluding hydrogens is 400 g/mol. The molecule has 0 aromatic carbocycles. The van der Waals surface area contributed by atoms with Crippen molar-refractivity contribution in [2.24, 2.45) is 0 Å². The van der Waals surface area contributed by atoms with Crippen molar-refractivity contribution in [1.82, 2.24) is 20.1 Å². The Hall–Kier alpha value is -2.13. The number of hydrogen-bond acceptors (Lipinski definition) is 8. The van der Waals surface area contributed by atoms with E-state index in [1.807, 2.05) is 27.7 Å². The molecule has 0 radical (unpaired) electrons. The molecule has 1 fully saturated rings. The number of carbonyl (C=O) groups is 1. The van der Waals surface area contributed by atoms with E-state index < -0.39 is 5.60 Å². The van der Waals surface area contributed by atoms with Crippen LogP contribution >= 0.6 is 22.9 Å². The predicted octanol–water partition coefficient (Wildman–Crippen LogP) is 3.74. The lowest BCUT2D eigenvalue weighted by Crippen LogP contribution is -2.50. The minimum atomic E-state index is -0.487. The first-order chi connectivity index (χ1) is 13.3. The summed E-state index contributed by atoms with van der Waals surface area (Å²) < 4.78 is 5.44. The van der Waals surface area contributed by atoms with Crippen LogP contribution in [0.4, 0.5) is 15.6 Å². The quantitative estimate of drug-likeness (QED) is 0.748. The van der Waals surface area contributed by atoms with Crippen LogP contribution in [0, 0.1) is 0 Å². The van der Waals surface area contributed by atoms with Crippen molar-refractivity contribution < 1.29 is 9.53 Å². The Bertz CT molecular complexity index is 830. The molecule has 3 heterocycles. The summed E-state index contributed by atoms with van der Waals surface area (Å²) >= 11 is 7.52. The second-order valence-corrected chi connectivity index (χ2v) is 8.77. The van der Waals surface area contributed by atoms with Gasteiger partial charge in [0.05, 0.1) is 5.56 Å². The fourth-order valence-corrected chi connectivity index (χ4v) is 3.87. The molecule has 0 atom stereocenters. The molecule has 2 aromatic heterocycles.